The molecule has 3 N–H and O–H groups in total. The molecule has 0 spiro atoms. The number of carboxylic acid groups (broad SMARTS) is 1. The van der Waals surface area contributed by atoms with Crippen LogP contribution < -0.4 is 5.73 Å². The van der Waals surface area contributed by atoms with Gasteiger partial charge in [0.05, 0.1) is 5.69 Å². The zero-order valence-corrected chi connectivity index (χ0v) is 8.84. The zero-order chi connectivity index (χ0) is 11.7. The Balaban J connectivity index is 2.58. The summed E-state index contributed by atoms with van der Waals surface area (Å²) in [6.07, 6.45) is 0. The van der Waals surface area contributed by atoms with Crippen molar-refractivity contribution < 1.29 is 9.90 Å². The Kier molecular flexibility index (Phi) is 2.40. The number of aromatic nitrogens is 1. The molecule has 4 heteroatoms. The van der Waals surface area contributed by atoms with Crippen molar-refractivity contribution in [3.05, 3.63) is 42.1 Å². The first-order valence-electron chi connectivity index (χ1n) is 4.85. The maximum Gasteiger partial charge on any atom is 0.352 e. The number of nitrogen functional groups attached to an aromatic ring is 1. The van der Waals surface area contributed by atoms with Gasteiger partial charge in [-0.05, 0) is 18.2 Å². The summed E-state index contributed by atoms with van der Waals surface area (Å²) in [6.45, 7) is 0. The summed E-state index contributed by atoms with van der Waals surface area (Å²) >= 11 is 0. The lowest BCUT2D eigenvalue weighted by molar-refractivity contribution is 0.0687. The predicted octanol–water partition coefficient (Wildman–Crippen LogP) is 1.97. The monoisotopic (exact) mass is 216 g/mol. The highest BCUT2D eigenvalue weighted by Gasteiger charge is 2.13. The topological polar surface area (TPSA) is 68.2 Å². The van der Waals surface area contributed by atoms with Gasteiger partial charge in [0.15, 0.2) is 0 Å². The lowest BCUT2D eigenvalue weighted by Gasteiger charge is -2.07. The minimum atomic E-state index is -0.941. The molecule has 0 amide bonds. The van der Waals surface area contributed by atoms with Gasteiger partial charge in [0.25, 0.3) is 0 Å². The number of anilines is 1. The van der Waals surface area contributed by atoms with Crippen molar-refractivity contribution in [2.45, 2.75) is 0 Å². The molecule has 0 radical (unpaired) electrons. The van der Waals surface area contributed by atoms with E-state index in [1.807, 2.05) is 18.2 Å². The fourth-order valence-corrected chi connectivity index (χ4v) is 1.73. The van der Waals surface area contributed by atoms with Gasteiger partial charge in [-0.1, -0.05) is 18.2 Å². The number of para-hydroxylation sites is 1. The molecule has 0 saturated carbocycles. The highest BCUT2D eigenvalue weighted by atomic mass is 16.4. The lowest BCUT2D eigenvalue weighted by atomic mass is 10.1. The van der Waals surface area contributed by atoms with Crippen LogP contribution in [0.4, 0.5) is 5.69 Å². The van der Waals surface area contributed by atoms with Crippen molar-refractivity contribution in [1.82, 2.24) is 4.57 Å². The molecule has 16 heavy (non-hydrogen) atoms. The van der Waals surface area contributed by atoms with Crippen molar-refractivity contribution in [3.63, 3.8) is 0 Å². The predicted molar refractivity (Wildman–Crippen MR) is 62.2 cm³/mol. The van der Waals surface area contributed by atoms with Gasteiger partial charge < -0.3 is 15.4 Å². The van der Waals surface area contributed by atoms with Gasteiger partial charge in [-0.3, -0.25) is 0 Å². The van der Waals surface area contributed by atoms with E-state index in [-0.39, 0.29) is 5.69 Å². The lowest BCUT2D eigenvalue weighted by Crippen LogP contribution is -2.05. The fraction of sp³-hybridized carbons (Fsp3) is 0.0833. The second-order valence-corrected chi connectivity index (χ2v) is 3.56. The Morgan fingerprint density at radius 1 is 1.25 bits per heavy atom. The largest absolute Gasteiger partial charge is 0.477 e. The van der Waals surface area contributed by atoms with Crippen LogP contribution in [-0.2, 0) is 7.05 Å². The number of nitrogens with zero attached hydrogens (tertiary/aromatic N) is 1. The van der Waals surface area contributed by atoms with Gasteiger partial charge >= 0.3 is 5.97 Å². The molecule has 2 aromatic rings. The molecule has 0 aliphatic rings. The van der Waals surface area contributed by atoms with Crippen molar-refractivity contribution in [2.24, 2.45) is 7.05 Å². The Labute approximate surface area is 92.9 Å². The molecule has 1 aromatic heterocycles. The number of hydrogen-bond donors (Lipinski definition) is 2. The summed E-state index contributed by atoms with van der Waals surface area (Å²) in [7, 11) is 1.71. The molecule has 2 rings (SSSR count). The van der Waals surface area contributed by atoms with E-state index < -0.39 is 5.97 Å². The van der Waals surface area contributed by atoms with Crippen molar-refractivity contribution in [1.29, 1.82) is 0 Å². The Hall–Kier alpha value is -2.23. The highest BCUT2D eigenvalue weighted by Crippen LogP contribution is 2.26. The number of rotatable bonds is 2. The molecule has 0 aliphatic heterocycles. The Morgan fingerprint density at radius 2 is 1.94 bits per heavy atom. The van der Waals surface area contributed by atoms with Crippen LogP contribution >= 0.6 is 0 Å². The van der Waals surface area contributed by atoms with Crippen molar-refractivity contribution >= 4 is 11.7 Å². The minimum absolute atomic E-state index is 0.248. The summed E-state index contributed by atoms with van der Waals surface area (Å²) in [5.74, 6) is -0.941. The SMILES string of the molecule is Cn1c(C(=O)O)ccc1-c1ccccc1N. The third kappa shape index (κ3) is 1.54. The van der Waals surface area contributed by atoms with Crippen LogP contribution in [0, 0.1) is 0 Å². The first kappa shape index (κ1) is 10.3. The van der Waals surface area contributed by atoms with E-state index in [1.165, 1.54) is 0 Å². The number of aromatic carboxylic acids is 1. The molecule has 4 nitrogen and oxygen atoms in total. The molecule has 0 bridgehead atoms. The van der Waals surface area contributed by atoms with Crippen molar-refractivity contribution in [3.8, 4) is 11.3 Å². The maximum atomic E-state index is 10.9. The Morgan fingerprint density at radius 3 is 2.50 bits per heavy atom. The number of carbonyl (C=O) groups is 1. The van der Waals surface area contributed by atoms with Gasteiger partial charge in [-0.25, -0.2) is 4.79 Å². The van der Waals surface area contributed by atoms with E-state index in [9.17, 15) is 4.79 Å². The van der Waals surface area contributed by atoms with Crippen LogP contribution in [0.1, 0.15) is 10.5 Å². The van der Waals surface area contributed by atoms with Gasteiger partial charge in [0, 0.05) is 18.3 Å². The summed E-state index contributed by atoms with van der Waals surface area (Å²) in [4.78, 5) is 10.9. The number of carboxylic acids is 1. The van der Waals surface area contributed by atoms with Crippen LogP contribution in [0.25, 0.3) is 11.3 Å². The number of hydrogen-bond acceptors (Lipinski definition) is 2. The molecular weight excluding hydrogens is 204 g/mol. The molecule has 0 unspecified atom stereocenters. The van der Waals surface area contributed by atoms with Gasteiger partial charge in [-0.15, -0.1) is 0 Å². The first-order valence-corrected chi connectivity index (χ1v) is 4.85. The standard InChI is InChI=1S/C12H12N2O2/c1-14-10(6-7-11(14)12(15)16)8-4-2-3-5-9(8)13/h2-7H,13H2,1H3,(H,15,16). The third-order valence-corrected chi connectivity index (χ3v) is 2.58. The van der Waals surface area contributed by atoms with Gasteiger partial charge in [-0.2, -0.15) is 0 Å². The van der Waals surface area contributed by atoms with Crippen LogP contribution in [-0.4, -0.2) is 15.6 Å². The fourth-order valence-electron chi connectivity index (χ4n) is 1.73. The Bertz CT molecular complexity index is 544. The number of benzene rings is 1. The van der Waals surface area contributed by atoms with Crippen molar-refractivity contribution in [2.75, 3.05) is 5.73 Å². The van der Waals surface area contributed by atoms with E-state index in [0.717, 1.165) is 11.3 Å². The summed E-state index contributed by atoms with van der Waals surface area (Å²) in [5, 5.41) is 8.94. The van der Waals surface area contributed by atoms with E-state index in [0.29, 0.717) is 5.69 Å². The molecule has 0 saturated heterocycles. The van der Waals surface area contributed by atoms with E-state index >= 15 is 0 Å². The minimum Gasteiger partial charge on any atom is -0.477 e. The van der Waals surface area contributed by atoms with Crippen LogP contribution in [0.3, 0.4) is 0 Å². The first-order chi connectivity index (χ1) is 7.61. The molecule has 0 fully saturated rings. The van der Waals surface area contributed by atoms with E-state index in [1.54, 1.807) is 29.8 Å². The van der Waals surface area contributed by atoms with Crippen LogP contribution in [0.5, 0.6) is 0 Å². The highest BCUT2D eigenvalue weighted by molar-refractivity contribution is 5.88. The second-order valence-electron chi connectivity index (χ2n) is 3.56. The molecule has 0 aliphatic carbocycles. The van der Waals surface area contributed by atoms with Gasteiger partial charge in [0.2, 0.25) is 0 Å². The third-order valence-electron chi connectivity index (χ3n) is 2.58. The molecule has 1 heterocycles. The average molecular weight is 216 g/mol. The smallest absolute Gasteiger partial charge is 0.352 e. The maximum absolute atomic E-state index is 10.9. The number of nitrogens with two attached hydrogens (primary N) is 1. The molecular formula is C12H12N2O2. The molecule has 0 atom stereocenters. The summed E-state index contributed by atoms with van der Waals surface area (Å²) in [6, 6.07) is 10.7. The summed E-state index contributed by atoms with van der Waals surface area (Å²) < 4.78 is 1.62. The quantitative estimate of drug-likeness (QED) is 0.754. The van der Waals surface area contributed by atoms with E-state index in [4.69, 9.17) is 10.8 Å². The van der Waals surface area contributed by atoms with Gasteiger partial charge in [0.1, 0.15) is 5.69 Å². The molecule has 1 aromatic carbocycles. The average Bonchev–Trinajstić information content (AvgIpc) is 2.61. The summed E-state index contributed by atoms with van der Waals surface area (Å²) in [5.41, 5.74) is 8.38. The normalized spacial score (nSPS) is 10.3. The van der Waals surface area contributed by atoms with Crippen LogP contribution in [0.2, 0.25) is 0 Å². The van der Waals surface area contributed by atoms with E-state index in [2.05, 4.69) is 0 Å². The zero-order valence-electron chi connectivity index (χ0n) is 8.84. The van der Waals surface area contributed by atoms with Crippen LogP contribution in [0.15, 0.2) is 36.4 Å². The second kappa shape index (κ2) is 3.73. The molecule has 82 valence electrons.